The van der Waals surface area contributed by atoms with Gasteiger partial charge in [0.2, 0.25) is 0 Å². The lowest BCUT2D eigenvalue weighted by Crippen LogP contribution is -2.63. The molecule has 0 aromatic heterocycles. The highest BCUT2D eigenvalue weighted by Crippen LogP contribution is 2.32. The van der Waals surface area contributed by atoms with Crippen molar-refractivity contribution in [1.82, 2.24) is 4.90 Å². The third-order valence-corrected chi connectivity index (χ3v) is 5.28. The molecule has 0 unspecified atom stereocenters. The van der Waals surface area contributed by atoms with Gasteiger partial charge in [0.05, 0.1) is 23.2 Å². The van der Waals surface area contributed by atoms with Crippen LogP contribution < -0.4 is 5.32 Å². The fourth-order valence-corrected chi connectivity index (χ4v) is 3.87. The quantitative estimate of drug-likeness (QED) is 0.591. The van der Waals surface area contributed by atoms with Crippen molar-refractivity contribution in [2.75, 3.05) is 5.32 Å². The third-order valence-electron chi connectivity index (χ3n) is 5.28. The monoisotopic (exact) mass is 368 g/mol. The summed E-state index contributed by atoms with van der Waals surface area (Å²) in [7, 11) is 0. The minimum Gasteiger partial charge on any atom is -0.388 e. The van der Waals surface area contributed by atoms with E-state index in [1.807, 2.05) is 18.2 Å². The van der Waals surface area contributed by atoms with Gasteiger partial charge in [-0.3, -0.25) is 14.5 Å². The zero-order chi connectivity index (χ0) is 19.1. The Kier molecular flexibility index (Phi) is 4.43. The Hall–Kier alpha value is -2.74. The Balaban J connectivity index is 1.62. The van der Waals surface area contributed by atoms with E-state index in [0.717, 1.165) is 10.6 Å². The Labute approximate surface area is 155 Å². The van der Waals surface area contributed by atoms with Crippen LogP contribution >= 0.6 is 0 Å². The number of aliphatic hydroxyl groups is 3. The Morgan fingerprint density at radius 2 is 1.33 bits per heavy atom. The minimum absolute atomic E-state index is 0.111. The van der Waals surface area contributed by atoms with Gasteiger partial charge in [0.1, 0.15) is 18.3 Å². The summed E-state index contributed by atoms with van der Waals surface area (Å²) in [5, 5.41) is 34.3. The molecule has 1 heterocycles. The predicted molar refractivity (Wildman–Crippen MR) is 97.2 cm³/mol. The van der Waals surface area contributed by atoms with Crippen molar-refractivity contribution < 1.29 is 24.9 Å². The molecule has 2 amide bonds. The summed E-state index contributed by atoms with van der Waals surface area (Å²) < 4.78 is 0. The number of nitrogens with one attached hydrogen (secondary N) is 1. The predicted octanol–water partition coefficient (Wildman–Crippen LogP) is 0.618. The van der Waals surface area contributed by atoms with E-state index in [-0.39, 0.29) is 17.5 Å². The smallest absolute Gasteiger partial charge is 0.261 e. The summed E-state index contributed by atoms with van der Waals surface area (Å²) in [5.74, 6) is -0.997. The van der Waals surface area contributed by atoms with E-state index in [2.05, 4.69) is 5.32 Å². The van der Waals surface area contributed by atoms with E-state index in [1.54, 1.807) is 36.4 Å². The lowest BCUT2D eigenvalue weighted by atomic mass is 9.83. The van der Waals surface area contributed by atoms with E-state index in [4.69, 9.17) is 0 Å². The van der Waals surface area contributed by atoms with Crippen molar-refractivity contribution in [2.45, 2.75) is 36.8 Å². The molecule has 0 spiro atoms. The van der Waals surface area contributed by atoms with Crippen LogP contribution in [0, 0.1) is 0 Å². The highest BCUT2D eigenvalue weighted by atomic mass is 16.4. The summed E-state index contributed by atoms with van der Waals surface area (Å²) in [5.41, 5.74) is 1.29. The molecule has 27 heavy (non-hydrogen) atoms. The van der Waals surface area contributed by atoms with Gasteiger partial charge in [0.15, 0.2) is 0 Å². The van der Waals surface area contributed by atoms with Gasteiger partial charge in [-0.2, -0.15) is 0 Å². The first kappa shape index (κ1) is 17.7. The number of para-hydroxylation sites is 1. The normalized spacial score (nSPS) is 30.3. The zero-order valence-corrected chi connectivity index (χ0v) is 14.4. The van der Waals surface area contributed by atoms with Gasteiger partial charge >= 0.3 is 0 Å². The molecule has 7 heteroatoms. The average Bonchev–Trinajstić information content (AvgIpc) is 2.94. The maximum atomic E-state index is 12.7. The van der Waals surface area contributed by atoms with Crippen LogP contribution in [0.3, 0.4) is 0 Å². The van der Waals surface area contributed by atoms with Crippen molar-refractivity contribution in [3.8, 4) is 0 Å². The lowest BCUT2D eigenvalue weighted by Gasteiger charge is -2.43. The highest BCUT2D eigenvalue weighted by Gasteiger charge is 2.50. The molecule has 0 saturated heterocycles. The molecule has 0 bridgehead atoms. The summed E-state index contributed by atoms with van der Waals surface area (Å²) in [4.78, 5) is 26.5. The van der Waals surface area contributed by atoms with Gasteiger partial charge in [-0.15, -0.1) is 0 Å². The van der Waals surface area contributed by atoms with Gasteiger partial charge in [0, 0.05) is 5.69 Å². The van der Waals surface area contributed by atoms with Gasteiger partial charge in [-0.1, -0.05) is 30.3 Å². The Bertz CT molecular complexity index is 837. The molecular weight excluding hydrogens is 348 g/mol. The summed E-state index contributed by atoms with van der Waals surface area (Å²) >= 11 is 0. The molecule has 2 aromatic rings. The van der Waals surface area contributed by atoms with Crippen LogP contribution in [0.25, 0.3) is 0 Å². The van der Waals surface area contributed by atoms with E-state index < -0.39 is 42.2 Å². The standard InChI is InChI=1S/C20H20N2O5/c23-16-14(21-11-6-2-1-3-7-11)10-15(17(24)18(16)25)22-19(26)12-8-4-5-9-13(12)20(22)27/h1-9,14-18,21,23-25H,10H2/t14-,15-,16-,17+,18-/m0/s1. The van der Waals surface area contributed by atoms with Gasteiger partial charge in [-0.05, 0) is 30.7 Å². The highest BCUT2D eigenvalue weighted by molar-refractivity contribution is 6.21. The number of amides is 2. The second-order valence-electron chi connectivity index (χ2n) is 6.92. The topological polar surface area (TPSA) is 110 Å². The first-order chi connectivity index (χ1) is 13.0. The molecule has 0 radical (unpaired) electrons. The number of carbonyl (C=O) groups is 2. The summed E-state index contributed by atoms with van der Waals surface area (Å²) in [6.45, 7) is 0. The Morgan fingerprint density at radius 3 is 1.93 bits per heavy atom. The van der Waals surface area contributed by atoms with Crippen molar-refractivity contribution in [3.05, 3.63) is 65.7 Å². The number of rotatable bonds is 3. The first-order valence-corrected chi connectivity index (χ1v) is 8.81. The molecule has 7 nitrogen and oxygen atoms in total. The molecule has 1 saturated carbocycles. The van der Waals surface area contributed by atoms with Crippen molar-refractivity contribution >= 4 is 17.5 Å². The number of benzene rings is 2. The largest absolute Gasteiger partial charge is 0.388 e. The van der Waals surface area contributed by atoms with Crippen molar-refractivity contribution in [2.24, 2.45) is 0 Å². The van der Waals surface area contributed by atoms with E-state index >= 15 is 0 Å². The SMILES string of the molecule is O=C1c2ccccc2C(=O)N1[C@H]1C[C@H](Nc2ccccc2)[C@H](O)[C@H](O)[C@@H]1O. The number of anilines is 1. The van der Waals surface area contributed by atoms with Crippen LogP contribution in [-0.2, 0) is 0 Å². The second kappa shape index (κ2) is 6.77. The van der Waals surface area contributed by atoms with E-state index in [1.165, 1.54) is 0 Å². The minimum atomic E-state index is -1.49. The number of aliphatic hydroxyl groups excluding tert-OH is 3. The van der Waals surface area contributed by atoms with E-state index in [9.17, 15) is 24.9 Å². The third kappa shape index (κ3) is 2.90. The van der Waals surface area contributed by atoms with Crippen LogP contribution in [0.1, 0.15) is 27.1 Å². The number of nitrogens with zero attached hydrogens (tertiary/aromatic N) is 1. The molecule has 1 fully saturated rings. The second-order valence-corrected chi connectivity index (χ2v) is 6.92. The molecule has 1 aliphatic heterocycles. The number of carbonyl (C=O) groups excluding carboxylic acids is 2. The van der Waals surface area contributed by atoms with Crippen LogP contribution in [-0.4, -0.2) is 62.4 Å². The van der Waals surface area contributed by atoms with Crippen LogP contribution in [0.4, 0.5) is 5.69 Å². The lowest BCUT2D eigenvalue weighted by molar-refractivity contribution is -0.114. The number of hydrogen-bond acceptors (Lipinski definition) is 6. The molecule has 2 aliphatic rings. The molecule has 4 rings (SSSR count). The van der Waals surface area contributed by atoms with Gasteiger partial charge in [-0.25, -0.2) is 0 Å². The molecule has 140 valence electrons. The van der Waals surface area contributed by atoms with Gasteiger partial charge < -0.3 is 20.6 Å². The summed E-state index contributed by atoms with van der Waals surface area (Å²) in [6.07, 6.45) is -4.06. The first-order valence-electron chi connectivity index (χ1n) is 8.81. The maximum Gasteiger partial charge on any atom is 0.261 e. The van der Waals surface area contributed by atoms with Crippen LogP contribution in [0.15, 0.2) is 54.6 Å². The van der Waals surface area contributed by atoms with E-state index in [0.29, 0.717) is 0 Å². The number of fused-ring (bicyclic) bond motifs is 1. The fourth-order valence-electron chi connectivity index (χ4n) is 3.87. The fraction of sp³-hybridized carbons (Fsp3) is 0.300. The van der Waals surface area contributed by atoms with Crippen LogP contribution in [0.2, 0.25) is 0 Å². The van der Waals surface area contributed by atoms with Crippen molar-refractivity contribution in [1.29, 1.82) is 0 Å². The zero-order valence-electron chi connectivity index (χ0n) is 14.4. The van der Waals surface area contributed by atoms with Crippen molar-refractivity contribution in [3.63, 3.8) is 0 Å². The molecule has 1 aliphatic carbocycles. The number of hydrogen-bond donors (Lipinski definition) is 4. The molecule has 4 N–H and O–H groups in total. The maximum absolute atomic E-state index is 12.7. The Morgan fingerprint density at radius 1 is 0.778 bits per heavy atom. The molecule has 5 atom stereocenters. The number of imide groups is 1. The summed E-state index contributed by atoms with van der Waals surface area (Å²) in [6, 6.07) is 14.0. The molecule has 2 aromatic carbocycles. The van der Waals surface area contributed by atoms with Gasteiger partial charge in [0.25, 0.3) is 11.8 Å². The van der Waals surface area contributed by atoms with Crippen LogP contribution in [0.5, 0.6) is 0 Å². The average molecular weight is 368 g/mol. The molecular formula is C20H20N2O5.